The molecule has 0 saturated carbocycles. The Kier molecular flexibility index (Phi) is 5.85. The van der Waals surface area contributed by atoms with Gasteiger partial charge in [-0.05, 0) is 73.6 Å². The summed E-state index contributed by atoms with van der Waals surface area (Å²) in [6, 6.07) is 2.58. The predicted octanol–water partition coefficient (Wildman–Crippen LogP) is 1.50. The van der Waals surface area contributed by atoms with Gasteiger partial charge < -0.3 is 15.3 Å². The number of nitrogens with zero attached hydrogens (tertiary/aromatic N) is 3. The summed E-state index contributed by atoms with van der Waals surface area (Å²) in [7, 11) is -2.80. The molecular weight excluding hydrogens is 458 g/mol. The summed E-state index contributed by atoms with van der Waals surface area (Å²) >= 11 is 0. The van der Waals surface area contributed by atoms with Crippen LogP contribution in [0.4, 0.5) is 10.5 Å². The third-order valence-corrected chi connectivity index (χ3v) is 8.25. The van der Waals surface area contributed by atoms with Crippen molar-refractivity contribution < 1.29 is 23.1 Å². The molecule has 1 aromatic heterocycles. The standard InChI is InChI=1S/C23H29N5O5S/c1-27-19(22(30)28-10-8-16(29)9-11-28)13-20(25-27)34(32,33)26-23(31)24-21-17-6-2-4-14(17)12-15-5-3-7-18(15)21/h12-13,16,29H,2-11H2,1H3,(H2,24,26,31). The minimum Gasteiger partial charge on any atom is -0.393 e. The van der Waals surface area contributed by atoms with Crippen molar-refractivity contribution in [1.29, 1.82) is 0 Å². The van der Waals surface area contributed by atoms with E-state index in [4.69, 9.17) is 0 Å². The van der Waals surface area contributed by atoms with E-state index in [1.54, 1.807) is 4.90 Å². The Balaban J connectivity index is 1.33. The van der Waals surface area contributed by atoms with E-state index in [1.165, 1.54) is 28.9 Å². The molecule has 1 saturated heterocycles. The zero-order valence-corrected chi connectivity index (χ0v) is 19.9. The maximum absolute atomic E-state index is 12.9. The monoisotopic (exact) mass is 487 g/mol. The summed E-state index contributed by atoms with van der Waals surface area (Å²) < 4.78 is 29.1. The molecule has 10 nitrogen and oxygen atoms in total. The summed E-state index contributed by atoms with van der Waals surface area (Å²) in [5, 5.41) is 16.0. The van der Waals surface area contributed by atoms with Gasteiger partial charge in [-0.25, -0.2) is 9.52 Å². The number of likely N-dealkylation sites (tertiary alicyclic amines) is 1. The van der Waals surface area contributed by atoms with Crippen molar-refractivity contribution in [3.8, 4) is 0 Å². The summed E-state index contributed by atoms with van der Waals surface area (Å²) in [6.07, 6.45) is 6.24. The third-order valence-electron chi connectivity index (χ3n) is 7.04. The lowest BCUT2D eigenvalue weighted by atomic mass is 9.99. The van der Waals surface area contributed by atoms with Gasteiger partial charge in [-0.1, -0.05) is 6.07 Å². The van der Waals surface area contributed by atoms with Crippen LogP contribution in [-0.4, -0.2) is 59.3 Å². The van der Waals surface area contributed by atoms with Crippen LogP contribution in [0.1, 0.15) is 58.4 Å². The van der Waals surface area contributed by atoms with Crippen molar-refractivity contribution in [3.05, 3.63) is 40.1 Å². The van der Waals surface area contributed by atoms with Crippen molar-refractivity contribution in [1.82, 2.24) is 19.4 Å². The molecule has 1 fully saturated rings. The number of hydrogen-bond acceptors (Lipinski definition) is 6. The van der Waals surface area contributed by atoms with Gasteiger partial charge in [0.05, 0.1) is 6.10 Å². The van der Waals surface area contributed by atoms with Gasteiger partial charge in [0.1, 0.15) is 5.69 Å². The molecule has 2 heterocycles. The van der Waals surface area contributed by atoms with E-state index in [-0.39, 0.29) is 11.6 Å². The summed E-state index contributed by atoms with van der Waals surface area (Å²) in [4.78, 5) is 27.2. The first-order valence-electron chi connectivity index (χ1n) is 11.7. The quantitative estimate of drug-likeness (QED) is 0.599. The highest BCUT2D eigenvalue weighted by Crippen LogP contribution is 2.38. The maximum atomic E-state index is 12.9. The Morgan fingerprint density at radius 2 is 1.65 bits per heavy atom. The van der Waals surface area contributed by atoms with Crippen LogP contribution in [-0.2, 0) is 42.8 Å². The molecule has 0 radical (unpaired) electrons. The second kappa shape index (κ2) is 8.70. The van der Waals surface area contributed by atoms with Crippen molar-refractivity contribution >= 4 is 27.6 Å². The van der Waals surface area contributed by atoms with Gasteiger partial charge in [-0.3, -0.25) is 9.48 Å². The summed E-state index contributed by atoms with van der Waals surface area (Å²) in [6.45, 7) is 0.777. The molecule has 1 aromatic carbocycles. The van der Waals surface area contributed by atoms with Crippen molar-refractivity contribution in [2.24, 2.45) is 7.05 Å². The molecular formula is C23H29N5O5S. The van der Waals surface area contributed by atoms with E-state index in [2.05, 4.69) is 21.2 Å². The van der Waals surface area contributed by atoms with E-state index in [1.807, 2.05) is 0 Å². The van der Waals surface area contributed by atoms with Gasteiger partial charge >= 0.3 is 6.03 Å². The molecule has 2 aromatic rings. The van der Waals surface area contributed by atoms with Gasteiger partial charge in [-0.2, -0.15) is 13.5 Å². The third kappa shape index (κ3) is 4.18. The molecule has 3 aliphatic rings. The first-order chi connectivity index (χ1) is 16.2. The molecule has 0 spiro atoms. The molecule has 2 aliphatic carbocycles. The van der Waals surface area contributed by atoms with Crippen LogP contribution in [0.2, 0.25) is 0 Å². The summed E-state index contributed by atoms with van der Waals surface area (Å²) in [5.74, 6) is -0.358. The van der Waals surface area contributed by atoms with Gasteiger partial charge in [0, 0.05) is 31.9 Å². The Bertz CT molecular complexity index is 1230. The Morgan fingerprint density at radius 1 is 1.03 bits per heavy atom. The second-order valence-corrected chi connectivity index (χ2v) is 10.9. The number of amides is 3. The maximum Gasteiger partial charge on any atom is 0.333 e. The summed E-state index contributed by atoms with van der Waals surface area (Å²) in [5.41, 5.74) is 5.53. The van der Waals surface area contributed by atoms with E-state index < -0.39 is 27.2 Å². The molecule has 182 valence electrons. The zero-order chi connectivity index (χ0) is 24.0. The molecule has 0 bridgehead atoms. The van der Waals surface area contributed by atoms with Gasteiger partial charge in [0.2, 0.25) is 0 Å². The van der Waals surface area contributed by atoms with Crippen LogP contribution < -0.4 is 10.0 Å². The lowest BCUT2D eigenvalue weighted by Gasteiger charge is -2.29. The van der Waals surface area contributed by atoms with Crippen LogP contribution >= 0.6 is 0 Å². The Morgan fingerprint density at radius 3 is 2.26 bits per heavy atom. The highest BCUT2D eigenvalue weighted by Gasteiger charge is 2.30. The number of urea groups is 1. The number of aliphatic hydroxyl groups is 1. The van der Waals surface area contributed by atoms with Crippen molar-refractivity contribution in [2.45, 2.75) is 62.5 Å². The number of piperidine rings is 1. The molecule has 5 rings (SSSR count). The number of nitrogens with one attached hydrogen (secondary N) is 2. The molecule has 34 heavy (non-hydrogen) atoms. The largest absolute Gasteiger partial charge is 0.393 e. The van der Waals surface area contributed by atoms with Crippen molar-refractivity contribution in [2.75, 3.05) is 18.4 Å². The van der Waals surface area contributed by atoms with Crippen LogP contribution in [0.25, 0.3) is 0 Å². The molecule has 3 N–H and O–H groups in total. The number of rotatable bonds is 4. The number of fused-ring (bicyclic) bond motifs is 2. The zero-order valence-electron chi connectivity index (χ0n) is 19.1. The number of hydrogen-bond donors (Lipinski definition) is 3. The van der Waals surface area contributed by atoms with E-state index in [0.717, 1.165) is 55.3 Å². The van der Waals surface area contributed by atoms with Gasteiger partial charge in [-0.15, -0.1) is 0 Å². The average Bonchev–Trinajstić information content (AvgIpc) is 3.53. The first-order valence-corrected chi connectivity index (χ1v) is 13.2. The molecule has 1 aliphatic heterocycles. The molecule has 11 heteroatoms. The van der Waals surface area contributed by atoms with Crippen molar-refractivity contribution in [3.63, 3.8) is 0 Å². The number of carbonyl (C=O) groups is 2. The fraction of sp³-hybridized carbons (Fsp3) is 0.522. The van der Waals surface area contributed by atoms with Crippen LogP contribution in [0, 0.1) is 0 Å². The van der Waals surface area contributed by atoms with Crippen LogP contribution in [0.15, 0.2) is 17.2 Å². The second-order valence-electron chi connectivity index (χ2n) is 9.31. The Hall–Kier alpha value is -2.92. The number of carbonyl (C=O) groups excluding carboxylic acids is 2. The minimum absolute atomic E-state index is 0.107. The lowest BCUT2D eigenvalue weighted by Crippen LogP contribution is -2.40. The highest BCUT2D eigenvalue weighted by molar-refractivity contribution is 7.90. The van der Waals surface area contributed by atoms with Gasteiger partial charge in [0.25, 0.3) is 15.9 Å². The number of aromatic nitrogens is 2. The lowest BCUT2D eigenvalue weighted by molar-refractivity contribution is 0.0537. The molecule has 0 atom stereocenters. The number of anilines is 1. The number of aliphatic hydroxyl groups excluding tert-OH is 1. The van der Waals surface area contributed by atoms with E-state index >= 15 is 0 Å². The fourth-order valence-electron chi connectivity index (χ4n) is 5.28. The normalized spacial score (nSPS) is 18.0. The van der Waals surface area contributed by atoms with Crippen LogP contribution in [0.3, 0.4) is 0 Å². The van der Waals surface area contributed by atoms with Gasteiger partial charge in [0.15, 0.2) is 5.03 Å². The number of sulfonamides is 1. The average molecular weight is 488 g/mol. The molecule has 3 amide bonds. The Labute approximate surface area is 198 Å². The predicted molar refractivity (Wildman–Crippen MR) is 124 cm³/mol. The smallest absolute Gasteiger partial charge is 0.333 e. The highest BCUT2D eigenvalue weighted by atomic mass is 32.2. The fourth-order valence-corrected chi connectivity index (χ4v) is 6.18. The van der Waals surface area contributed by atoms with E-state index in [0.29, 0.717) is 25.9 Å². The SMILES string of the molecule is Cn1nc(S(=O)(=O)NC(=O)Nc2c3c(cc4c2CCC4)CCC3)cc1C(=O)N1CCC(O)CC1. The number of aryl methyl sites for hydroxylation is 3. The van der Waals surface area contributed by atoms with Crippen LogP contribution in [0.5, 0.6) is 0 Å². The minimum atomic E-state index is -4.29. The van der Waals surface area contributed by atoms with E-state index in [9.17, 15) is 23.1 Å². The molecule has 0 unspecified atom stereocenters. The number of benzene rings is 1. The first kappa shape index (κ1) is 22.9. The topological polar surface area (TPSA) is 134 Å².